The lowest BCUT2D eigenvalue weighted by molar-refractivity contribution is -0.121. The van der Waals surface area contributed by atoms with Gasteiger partial charge >= 0.3 is 0 Å². The Bertz CT molecular complexity index is 215. The van der Waals surface area contributed by atoms with Gasteiger partial charge in [0.1, 0.15) is 0 Å². The number of ketones is 1. The molecule has 1 nitrogen and oxygen atoms in total. The van der Waals surface area contributed by atoms with Crippen LogP contribution in [0.4, 0.5) is 0 Å². The molecule has 0 N–H and O–H groups in total. The summed E-state index contributed by atoms with van der Waals surface area (Å²) in [7, 11) is 0. The molecule has 14 heavy (non-hydrogen) atoms. The van der Waals surface area contributed by atoms with Gasteiger partial charge in [-0.3, -0.25) is 4.79 Å². The van der Waals surface area contributed by atoms with E-state index in [4.69, 9.17) is 0 Å². The van der Waals surface area contributed by atoms with Gasteiger partial charge in [0, 0.05) is 11.2 Å². The summed E-state index contributed by atoms with van der Waals surface area (Å²) >= 11 is 1.70. The maximum Gasteiger partial charge on any atom is 0.161 e. The van der Waals surface area contributed by atoms with Crippen LogP contribution in [0.15, 0.2) is 11.5 Å². The molecule has 0 spiro atoms. The van der Waals surface area contributed by atoms with E-state index in [1.54, 1.807) is 17.8 Å². The Morgan fingerprint density at radius 1 is 1.14 bits per heavy atom. The Morgan fingerprint density at radius 2 is 1.64 bits per heavy atom. The van der Waals surface area contributed by atoms with Crippen molar-refractivity contribution in [2.45, 2.75) is 41.5 Å². The highest BCUT2D eigenvalue weighted by Gasteiger charge is 2.18. The van der Waals surface area contributed by atoms with Crippen molar-refractivity contribution in [1.29, 1.82) is 0 Å². The predicted octanol–water partition coefficient (Wildman–Crippen LogP) is 3.89. The Hall–Kier alpha value is -0.240. The van der Waals surface area contributed by atoms with Gasteiger partial charge in [0.05, 0.1) is 0 Å². The first-order valence-corrected chi connectivity index (χ1v) is 6.00. The molecule has 0 saturated carbocycles. The highest BCUT2D eigenvalue weighted by molar-refractivity contribution is 8.02. The molecule has 0 atom stereocenters. The van der Waals surface area contributed by atoms with Crippen molar-refractivity contribution < 1.29 is 4.79 Å². The summed E-state index contributed by atoms with van der Waals surface area (Å²) in [6.45, 7) is 12.4. The SMILES string of the molecule is CC(C)(C)CSC=CC(=O)C(C)(C)C. The van der Waals surface area contributed by atoms with Gasteiger partial charge in [-0.05, 0) is 16.9 Å². The van der Waals surface area contributed by atoms with Crippen molar-refractivity contribution in [2.75, 3.05) is 5.75 Å². The van der Waals surface area contributed by atoms with Crippen molar-refractivity contribution in [3.05, 3.63) is 11.5 Å². The van der Waals surface area contributed by atoms with Crippen molar-refractivity contribution >= 4 is 17.5 Å². The van der Waals surface area contributed by atoms with Gasteiger partial charge in [-0.1, -0.05) is 41.5 Å². The summed E-state index contributed by atoms with van der Waals surface area (Å²) in [5.41, 5.74) is 0.0680. The molecule has 0 aromatic heterocycles. The molecule has 0 unspecified atom stereocenters. The molecule has 82 valence electrons. The molecule has 0 aliphatic rings. The molecule has 0 aromatic rings. The van der Waals surface area contributed by atoms with Crippen LogP contribution in [-0.4, -0.2) is 11.5 Å². The zero-order chi connectivity index (χ0) is 11.4. The molecular formula is C12H22OS. The molecule has 0 fully saturated rings. The second-order valence-electron chi connectivity index (χ2n) is 5.79. The number of thioether (sulfide) groups is 1. The minimum absolute atomic E-state index is 0.193. The zero-order valence-electron chi connectivity index (χ0n) is 10.2. The van der Waals surface area contributed by atoms with Gasteiger partial charge < -0.3 is 0 Å². The summed E-state index contributed by atoms with van der Waals surface area (Å²) in [4.78, 5) is 11.5. The van der Waals surface area contributed by atoms with Crippen LogP contribution >= 0.6 is 11.8 Å². The lowest BCUT2D eigenvalue weighted by atomic mass is 9.91. The second kappa shape index (κ2) is 5.01. The normalized spacial score (nSPS) is 13.6. The first-order valence-electron chi connectivity index (χ1n) is 4.95. The number of rotatable bonds is 3. The Labute approximate surface area is 92.3 Å². The smallest absolute Gasteiger partial charge is 0.161 e. The monoisotopic (exact) mass is 214 g/mol. The van der Waals surface area contributed by atoms with Gasteiger partial charge in [0.25, 0.3) is 0 Å². The molecular weight excluding hydrogens is 192 g/mol. The molecule has 0 aliphatic heterocycles. The molecule has 0 saturated heterocycles. The van der Waals surface area contributed by atoms with E-state index in [-0.39, 0.29) is 11.2 Å². The van der Waals surface area contributed by atoms with Crippen molar-refractivity contribution in [3.8, 4) is 0 Å². The van der Waals surface area contributed by atoms with Gasteiger partial charge in [-0.15, -0.1) is 11.8 Å². The van der Waals surface area contributed by atoms with E-state index in [9.17, 15) is 4.79 Å². The van der Waals surface area contributed by atoms with E-state index < -0.39 is 0 Å². The van der Waals surface area contributed by atoms with E-state index in [0.29, 0.717) is 5.41 Å². The summed E-state index contributed by atoms with van der Waals surface area (Å²) < 4.78 is 0. The Kier molecular flexibility index (Phi) is 4.93. The van der Waals surface area contributed by atoms with E-state index in [1.807, 2.05) is 26.2 Å². The maximum absolute atomic E-state index is 11.5. The van der Waals surface area contributed by atoms with Crippen LogP contribution < -0.4 is 0 Å². The number of hydrogen-bond acceptors (Lipinski definition) is 2. The van der Waals surface area contributed by atoms with E-state index in [2.05, 4.69) is 20.8 Å². The molecule has 0 amide bonds. The average molecular weight is 214 g/mol. The minimum atomic E-state index is -0.251. The third kappa shape index (κ3) is 7.19. The molecule has 0 rings (SSSR count). The van der Waals surface area contributed by atoms with Crippen LogP contribution in [0.3, 0.4) is 0 Å². The summed E-state index contributed by atoms with van der Waals surface area (Å²) in [6.07, 6.45) is 1.69. The van der Waals surface area contributed by atoms with Crippen LogP contribution in [0.5, 0.6) is 0 Å². The number of allylic oxidation sites excluding steroid dienone is 1. The average Bonchev–Trinajstić information content (AvgIpc) is 1.93. The Balaban J connectivity index is 3.92. The fourth-order valence-electron chi connectivity index (χ4n) is 0.658. The molecule has 0 aliphatic carbocycles. The van der Waals surface area contributed by atoms with Gasteiger partial charge in [0.2, 0.25) is 0 Å². The van der Waals surface area contributed by atoms with Crippen LogP contribution in [0.25, 0.3) is 0 Å². The number of carbonyl (C=O) groups excluding carboxylic acids is 1. The van der Waals surface area contributed by atoms with Gasteiger partial charge in [0.15, 0.2) is 5.78 Å². The fourth-order valence-corrected chi connectivity index (χ4v) is 1.47. The van der Waals surface area contributed by atoms with Crippen molar-refractivity contribution in [3.63, 3.8) is 0 Å². The van der Waals surface area contributed by atoms with Crippen LogP contribution in [0, 0.1) is 10.8 Å². The first kappa shape index (κ1) is 13.8. The molecule has 0 aromatic carbocycles. The fraction of sp³-hybridized carbons (Fsp3) is 0.750. The lowest BCUT2D eigenvalue weighted by Gasteiger charge is -2.16. The van der Waals surface area contributed by atoms with Crippen LogP contribution in [0.2, 0.25) is 0 Å². The number of carbonyl (C=O) groups is 1. The van der Waals surface area contributed by atoms with Gasteiger partial charge in [-0.25, -0.2) is 0 Å². The van der Waals surface area contributed by atoms with Crippen molar-refractivity contribution in [1.82, 2.24) is 0 Å². The Morgan fingerprint density at radius 3 is 2.00 bits per heavy atom. The van der Waals surface area contributed by atoms with E-state index >= 15 is 0 Å². The standard InChI is InChI=1S/C12H22OS/c1-11(2,3)9-14-8-7-10(13)12(4,5)6/h7-8H,9H2,1-6H3. The third-order valence-corrected chi connectivity index (χ3v) is 2.93. The van der Waals surface area contributed by atoms with E-state index in [1.165, 1.54) is 0 Å². The van der Waals surface area contributed by atoms with Gasteiger partial charge in [-0.2, -0.15) is 0 Å². The first-order chi connectivity index (χ1) is 6.13. The third-order valence-electron chi connectivity index (χ3n) is 1.57. The van der Waals surface area contributed by atoms with Crippen LogP contribution in [-0.2, 0) is 4.79 Å². The summed E-state index contributed by atoms with van der Waals surface area (Å²) in [6, 6.07) is 0. The quantitative estimate of drug-likeness (QED) is 0.663. The maximum atomic E-state index is 11.5. The molecule has 2 heteroatoms. The van der Waals surface area contributed by atoms with Crippen molar-refractivity contribution in [2.24, 2.45) is 10.8 Å². The second-order valence-corrected chi connectivity index (χ2v) is 6.68. The summed E-state index contributed by atoms with van der Waals surface area (Å²) in [5.74, 6) is 1.24. The van der Waals surface area contributed by atoms with E-state index in [0.717, 1.165) is 5.75 Å². The predicted molar refractivity (Wildman–Crippen MR) is 65.5 cm³/mol. The molecule has 0 radical (unpaired) electrons. The highest BCUT2D eigenvalue weighted by atomic mass is 32.2. The zero-order valence-corrected chi connectivity index (χ0v) is 11.0. The summed E-state index contributed by atoms with van der Waals surface area (Å²) in [5, 5.41) is 1.92. The number of hydrogen-bond donors (Lipinski definition) is 0. The van der Waals surface area contributed by atoms with Crippen LogP contribution in [0.1, 0.15) is 41.5 Å². The highest BCUT2D eigenvalue weighted by Crippen LogP contribution is 2.22. The lowest BCUT2D eigenvalue weighted by Crippen LogP contribution is -2.17. The molecule has 0 heterocycles. The largest absolute Gasteiger partial charge is 0.294 e. The topological polar surface area (TPSA) is 17.1 Å². The molecule has 0 bridgehead atoms. The minimum Gasteiger partial charge on any atom is -0.294 e.